The van der Waals surface area contributed by atoms with Gasteiger partial charge < -0.3 is 10.1 Å². The Kier molecular flexibility index (Phi) is 7.03. The molecule has 1 heterocycles. The Morgan fingerprint density at radius 2 is 1.54 bits per heavy atom. The number of rotatable bonds is 7. The molecule has 1 aliphatic heterocycles. The molecule has 0 unspecified atom stereocenters. The van der Waals surface area contributed by atoms with E-state index in [4.69, 9.17) is 16.3 Å². The van der Waals surface area contributed by atoms with Crippen LogP contribution in [0, 0.1) is 20.8 Å². The minimum absolute atomic E-state index is 0.0195. The maximum Gasteiger partial charge on any atom is 0.343 e. The van der Waals surface area contributed by atoms with Crippen molar-refractivity contribution in [1.29, 1.82) is 0 Å². The van der Waals surface area contributed by atoms with E-state index in [-0.39, 0.29) is 17.3 Å². The van der Waals surface area contributed by atoms with Crippen LogP contribution in [-0.4, -0.2) is 29.2 Å². The summed E-state index contributed by atoms with van der Waals surface area (Å²) in [6.07, 6.45) is 0.534. The number of carbonyl (C=O) groups is 3. The summed E-state index contributed by atoms with van der Waals surface area (Å²) in [5, 5.41) is 2.77. The van der Waals surface area contributed by atoms with Crippen molar-refractivity contribution in [2.45, 2.75) is 27.2 Å². The highest BCUT2D eigenvalue weighted by molar-refractivity contribution is 6.48. The molecule has 0 aromatic heterocycles. The van der Waals surface area contributed by atoms with Crippen LogP contribution in [0.25, 0.3) is 0 Å². The summed E-state index contributed by atoms with van der Waals surface area (Å²) in [6, 6.07) is 19.9. The first-order valence-electron chi connectivity index (χ1n) is 11.2. The van der Waals surface area contributed by atoms with Crippen LogP contribution in [0.2, 0.25) is 0 Å². The lowest BCUT2D eigenvalue weighted by atomic mass is 10.1. The summed E-state index contributed by atoms with van der Waals surface area (Å²) in [4.78, 5) is 39.2. The third kappa shape index (κ3) is 5.12. The Labute approximate surface area is 209 Å². The number of carbonyl (C=O) groups excluding carboxylic acids is 3. The van der Waals surface area contributed by atoms with Crippen molar-refractivity contribution in [1.82, 2.24) is 4.90 Å². The zero-order chi connectivity index (χ0) is 25.1. The molecule has 0 atom stereocenters. The van der Waals surface area contributed by atoms with E-state index in [1.165, 1.54) is 0 Å². The lowest BCUT2D eigenvalue weighted by Gasteiger charge is -2.15. The Balaban J connectivity index is 1.42. The highest BCUT2D eigenvalue weighted by Crippen LogP contribution is 2.28. The Morgan fingerprint density at radius 3 is 2.23 bits per heavy atom. The van der Waals surface area contributed by atoms with E-state index >= 15 is 0 Å². The van der Waals surface area contributed by atoms with Gasteiger partial charge in [-0.15, -0.1) is 0 Å². The summed E-state index contributed by atoms with van der Waals surface area (Å²) < 4.78 is 5.65. The van der Waals surface area contributed by atoms with E-state index in [0.29, 0.717) is 23.4 Å². The molecule has 7 heteroatoms. The molecule has 178 valence electrons. The number of ether oxygens (including phenoxy) is 1. The molecule has 0 fully saturated rings. The quantitative estimate of drug-likeness (QED) is 0.277. The van der Waals surface area contributed by atoms with Crippen LogP contribution in [0.15, 0.2) is 77.5 Å². The van der Waals surface area contributed by atoms with Crippen molar-refractivity contribution in [3.05, 3.63) is 105 Å². The number of benzene rings is 3. The van der Waals surface area contributed by atoms with Gasteiger partial charge in [0.2, 0.25) is 0 Å². The first kappa shape index (κ1) is 24.2. The van der Waals surface area contributed by atoms with Crippen molar-refractivity contribution in [2.24, 2.45) is 0 Å². The molecule has 2 amide bonds. The molecule has 1 N–H and O–H groups in total. The van der Waals surface area contributed by atoms with Crippen molar-refractivity contribution in [2.75, 3.05) is 11.9 Å². The molecular formula is C28H25ClN2O4. The summed E-state index contributed by atoms with van der Waals surface area (Å²) in [5.41, 5.74) is 4.74. The summed E-state index contributed by atoms with van der Waals surface area (Å²) in [5.74, 6) is -0.936. The van der Waals surface area contributed by atoms with Crippen molar-refractivity contribution >= 4 is 35.1 Å². The maximum absolute atomic E-state index is 12.8. The topological polar surface area (TPSA) is 75.7 Å². The number of nitrogens with zero attached hydrogens (tertiary/aromatic N) is 1. The second-order valence-electron chi connectivity index (χ2n) is 8.43. The number of aryl methyl sites for hydroxylation is 2. The highest BCUT2D eigenvalue weighted by atomic mass is 35.5. The molecule has 35 heavy (non-hydrogen) atoms. The molecule has 0 saturated carbocycles. The van der Waals surface area contributed by atoms with E-state index in [0.717, 1.165) is 27.2 Å². The molecule has 3 aromatic carbocycles. The van der Waals surface area contributed by atoms with Gasteiger partial charge in [0.15, 0.2) is 0 Å². The third-order valence-electron chi connectivity index (χ3n) is 6.04. The molecule has 0 saturated heterocycles. The van der Waals surface area contributed by atoms with E-state index in [2.05, 4.69) is 5.32 Å². The number of anilines is 1. The van der Waals surface area contributed by atoms with E-state index in [1.807, 2.05) is 63.2 Å². The Morgan fingerprint density at radius 1 is 0.886 bits per heavy atom. The number of nitrogens with one attached hydrogen (secondary N) is 1. The summed E-state index contributed by atoms with van der Waals surface area (Å²) in [6.45, 7) is 6.00. The number of hydrogen-bond donors (Lipinski definition) is 1. The van der Waals surface area contributed by atoms with Gasteiger partial charge in [0.25, 0.3) is 11.8 Å². The fraction of sp³-hybridized carbons (Fsp3) is 0.179. The standard InChI is InChI=1S/C28H25ClN2O4/c1-17-9-10-18(2)25(19(17)3)35-28(34)21-11-13-22(14-12-21)30-24-23(29)26(32)31(27(24)33)16-15-20-7-5-4-6-8-20/h4-14,30H,15-16H2,1-3H3. The van der Waals surface area contributed by atoms with E-state index in [9.17, 15) is 14.4 Å². The predicted octanol–water partition coefficient (Wildman–Crippen LogP) is 5.30. The fourth-order valence-corrected chi connectivity index (χ4v) is 4.04. The van der Waals surface area contributed by atoms with Crippen LogP contribution in [0.4, 0.5) is 5.69 Å². The molecular weight excluding hydrogens is 464 g/mol. The van der Waals surface area contributed by atoms with Gasteiger partial charge >= 0.3 is 5.97 Å². The monoisotopic (exact) mass is 488 g/mol. The molecule has 4 rings (SSSR count). The summed E-state index contributed by atoms with van der Waals surface area (Å²) >= 11 is 6.20. The van der Waals surface area contributed by atoms with Gasteiger partial charge in [-0.1, -0.05) is 54.1 Å². The summed E-state index contributed by atoms with van der Waals surface area (Å²) in [7, 11) is 0. The fourth-order valence-electron chi connectivity index (χ4n) is 3.81. The van der Waals surface area contributed by atoms with Gasteiger partial charge in [-0.05, 0) is 73.7 Å². The van der Waals surface area contributed by atoms with Crippen molar-refractivity contribution in [3.63, 3.8) is 0 Å². The van der Waals surface area contributed by atoms with Crippen LogP contribution in [0.3, 0.4) is 0 Å². The van der Waals surface area contributed by atoms with Gasteiger partial charge in [-0.25, -0.2) is 4.79 Å². The Bertz CT molecular complexity index is 1330. The van der Waals surface area contributed by atoms with E-state index in [1.54, 1.807) is 24.3 Å². The average molecular weight is 489 g/mol. The normalized spacial score (nSPS) is 13.4. The lowest BCUT2D eigenvalue weighted by molar-refractivity contribution is -0.137. The van der Waals surface area contributed by atoms with Gasteiger partial charge in [-0.3, -0.25) is 14.5 Å². The number of halogens is 1. The minimum Gasteiger partial charge on any atom is -0.422 e. The van der Waals surface area contributed by atoms with Crippen LogP contribution in [0.1, 0.15) is 32.6 Å². The lowest BCUT2D eigenvalue weighted by Crippen LogP contribution is -2.34. The average Bonchev–Trinajstić information content (AvgIpc) is 3.06. The molecule has 0 radical (unpaired) electrons. The first-order chi connectivity index (χ1) is 16.8. The van der Waals surface area contributed by atoms with Crippen molar-refractivity contribution < 1.29 is 19.1 Å². The number of imide groups is 1. The Hall–Kier alpha value is -3.90. The molecule has 6 nitrogen and oxygen atoms in total. The van der Waals surface area contributed by atoms with Crippen LogP contribution in [-0.2, 0) is 16.0 Å². The van der Waals surface area contributed by atoms with Gasteiger partial charge in [0.1, 0.15) is 16.5 Å². The molecule has 3 aromatic rings. The number of esters is 1. The van der Waals surface area contributed by atoms with Crippen LogP contribution in [0.5, 0.6) is 5.75 Å². The highest BCUT2D eigenvalue weighted by Gasteiger charge is 2.37. The second-order valence-corrected chi connectivity index (χ2v) is 8.81. The van der Waals surface area contributed by atoms with E-state index < -0.39 is 17.8 Å². The zero-order valence-electron chi connectivity index (χ0n) is 19.7. The molecule has 0 spiro atoms. The predicted molar refractivity (Wildman–Crippen MR) is 135 cm³/mol. The van der Waals surface area contributed by atoms with Crippen LogP contribution >= 0.6 is 11.6 Å². The van der Waals surface area contributed by atoms with Gasteiger partial charge in [0, 0.05) is 12.2 Å². The molecule has 0 aliphatic carbocycles. The second kappa shape index (κ2) is 10.2. The number of hydrogen-bond acceptors (Lipinski definition) is 5. The van der Waals surface area contributed by atoms with Crippen molar-refractivity contribution in [3.8, 4) is 5.75 Å². The smallest absolute Gasteiger partial charge is 0.343 e. The van der Waals surface area contributed by atoms with Gasteiger partial charge in [0.05, 0.1) is 5.56 Å². The zero-order valence-corrected chi connectivity index (χ0v) is 20.5. The third-order valence-corrected chi connectivity index (χ3v) is 6.39. The largest absolute Gasteiger partial charge is 0.422 e. The molecule has 1 aliphatic rings. The number of amides is 2. The molecule has 0 bridgehead atoms. The van der Waals surface area contributed by atoms with Crippen LogP contribution < -0.4 is 10.1 Å². The SMILES string of the molecule is Cc1ccc(C)c(OC(=O)c2ccc(NC3=C(Cl)C(=O)N(CCc4ccccc4)C3=O)cc2)c1C. The first-order valence-corrected chi connectivity index (χ1v) is 11.6. The maximum atomic E-state index is 12.8. The minimum atomic E-state index is -0.529. The van der Waals surface area contributed by atoms with Gasteiger partial charge in [-0.2, -0.15) is 0 Å².